The molecule has 0 aliphatic carbocycles. The van der Waals surface area contributed by atoms with Gasteiger partial charge in [-0.3, -0.25) is 19.4 Å². The van der Waals surface area contributed by atoms with E-state index in [0.717, 1.165) is 11.1 Å². The van der Waals surface area contributed by atoms with E-state index in [1.807, 2.05) is 58.3 Å². The zero-order chi connectivity index (χ0) is 39.9. The average Bonchev–Trinajstić information content (AvgIpc) is 3.77. The molecule has 4 heterocycles. The predicted octanol–water partition coefficient (Wildman–Crippen LogP) is 4.84. The van der Waals surface area contributed by atoms with Crippen LogP contribution in [-0.2, 0) is 45.4 Å². The van der Waals surface area contributed by atoms with Crippen molar-refractivity contribution in [3.63, 3.8) is 0 Å². The third kappa shape index (κ3) is 9.28. The Balaban J connectivity index is 1.11. The van der Waals surface area contributed by atoms with Crippen LogP contribution in [0.25, 0.3) is 11.1 Å². The van der Waals surface area contributed by atoms with Gasteiger partial charge in [0.2, 0.25) is 23.5 Å². The summed E-state index contributed by atoms with van der Waals surface area (Å²) < 4.78 is 33.0. The highest BCUT2D eigenvalue weighted by atomic mass is 35.5. The number of aromatic nitrogens is 2. The summed E-state index contributed by atoms with van der Waals surface area (Å²) in [5, 5.41) is 21.3. The van der Waals surface area contributed by atoms with Gasteiger partial charge >= 0.3 is 11.9 Å². The van der Waals surface area contributed by atoms with Gasteiger partial charge in [-0.1, -0.05) is 59.6 Å². The lowest BCUT2D eigenvalue weighted by atomic mass is 10.0. The minimum Gasteiger partial charge on any atom is -0.481 e. The van der Waals surface area contributed by atoms with Gasteiger partial charge in [0.25, 0.3) is 0 Å². The molecule has 0 unspecified atom stereocenters. The molecule has 16 heteroatoms. The van der Waals surface area contributed by atoms with E-state index in [1.54, 1.807) is 12.1 Å². The van der Waals surface area contributed by atoms with Crippen LogP contribution in [0.2, 0.25) is 10.0 Å². The monoisotopic (exact) mass is 810 g/mol. The maximum atomic E-state index is 12.3. The number of ether oxygens (including phenoxy) is 6. The third-order valence-electron chi connectivity index (χ3n) is 9.87. The number of aliphatic hydroxyl groups excluding tert-OH is 2. The fourth-order valence-corrected chi connectivity index (χ4v) is 7.63. The van der Waals surface area contributed by atoms with Gasteiger partial charge in [0, 0.05) is 84.5 Å². The van der Waals surface area contributed by atoms with Crippen LogP contribution in [0.4, 0.5) is 0 Å². The number of likely N-dealkylation sites (tertiary alicyclic amines) is 2. The van der Waals surface area contributed by atoms with Gasteiger partial charge in [-0.25, -0.2) is 0 Å². The Morgan fingerprint density at radius 2 is 1.05 bits per heavy atom. The molecule has 0 amide bonds. The molecule has 0 saturated carbocycles. The van der Waals surface area contributed by atoms with Crippen molar-refractivity contribution in [3.05, 3.63) is 93.0 Å². The summed E-state index contributed by atoms with van der Waals surface area (Å²) in [5.41, 5.74) is 4.27. The standard InChI is InChI=1S/C40H44Cl2N4O10/c1-51-37-23(17-45-19-27(47)15-31(45)39(49)53-3)11-13-33(43-37)55-21-25-7-5-9-29(35(25)41)30-10-6-8-26(36(30)42)22-56-34-14-12-24(38(44-34)52-2)18-46-20-28(48)16-32(46)40(50)54-4/h5-14,27-28,31-32,47-48H,15-22H2,1-4H3/t27-,28-,31-,32-/m0/s1. The second kappa shape index (κ2) is 18.5. The molecule has 14 nitrogen and oxygen atoms in total. The van der Waals surface area contributed by atoms with E-state index >= 15 is 0 Å². The third-order valence-corrected chi connectivity index (χ3v) is 10.8. The molecule has 2 aromatic carbocycles. The average molecular weight is 812 g/mol. The first-order valence-corrected chi connectivity index (χ1v) is 18.7. The summed E-state index contributed by atoms with van der Waals surface area (Å²) in [6, 6.07) is 17.1. The highest BCUT2D eigenvalue weighted by Crippen LogP contribution is 2.38. The molecular formula is C40H44Cl2N4O10. The number of rotatable bonds is 15. The van der Waals surface area contributed by atoms with Crippen LogP contribution in [-0.4, -0.2) is 108 Å². The molecule has 4 atom stereocenters. The van der Waals surface area contributed by atoms with Crippen molar-refractivity contribution in [3.8, 4) is 34.6 Å². The molecule has 56 heavy (non-hydrogen) atoms. The van der Waals surface area contributed by atoms with E-state index in [-0.39, 0.29) is 13.2 Å². The summed E-state index contributed by atoms with van der Waals surface area (Å²) in [5.74, 6) is 0.495. The van der Waals surface area contributed by atoms with Gasteiger partial charge in [-0.05, 0) is 12.1 Å². The Morgan fingerprint density at radius 1 is 0.643 bits per heavy atom. The van der Waals surface area contributed by atoms with Gasteiger partial charge in [0.1, 0.15) is 25.3 Å². The van der Waals surface area contributed by atoms with Crippen LogP contribution in [0.5, 0.6) is 23.5 Å². The predicted molar refractivity (Wildman–Crippen MR) is 206 cm³/mol. The number of aliphatic hydroxyl groups is 2. The molecule has 0 radical (unpaired) electrons. The van der Waals surface area contributed by atoms with Crippen LogP contribution in [0.1, 0.15) is 35.1 Å². The second-order valence-electron chi connectivity index (χ2n) is 13.5. The molecule has 2 N–H and O–H groups in total. The normalized spacial score (nSPS) is 19.8. The van der Waals surface area contributed by atoms with E-state index in [0.29, 0.717) is 94.8 Å². The first kappa shape index (κ1) is 40.9. The SMILES string of the molecule is COC(=O)[C@@H]1C[C@H](O)CN1Cc1ccc(OCc2cccc(-c3cccc(COc4ccc(CN5C[C@@H](O)C[C@H]5C(=O)OC)c(OC)n4)c3Cl)c2Cl)nc1OC. The number of carbonyl (C=O) groups is 2. The maximum absolute atomic E-state index is 12.3. The lowest BCUT2D eigenvalue weighted by Gasteiger charge is -2.22. The van der Waals surface area contributed by atoms with E-state index < -0.39 is 36.2 Å². The molecule has 6 rings (SSSR count). The number of hydrogen-bond donors (Lipinski definition) is 2. The van der Waals surface area contributed by atoms with Crippen LogP contribution in [0.15, 0.2) is 60.7 Å². The Kier molecular flexibility index (Phi) is 13.5. The smallest absolute Gasteiger partial charge is 0.323 e. The highest BCUT2D eigenvalue weighted by molar-refractivity contribution is 6.37. The van der Waals surface area contributed by atoms with Crippen molar-refractivity contribution >= 4 is 35.1 Å². The topological polar surface area (TPSA) is 162 Å². The molecule has 2 saturated heterocycles. The van der Waals surface area contributed by atoms with E-state index in [1.165, 1.54) is 28.4 Å². The number of methoxy groups -OCH3 is 4. The van der Waals surface area contributed by atoms with Crippen molar-refractivity contribution in [2.45, 2.75) is 63.4 Å². The van der Waals surface area contributed by atoms with Gasteiger partial charge in [0.15, 0.2) is 0 Å². The largest absolute Gasteiger partial charge is 0.481 e. The highest BCUT2D eigenvalue weighted by Gasteiger charge is 2.38. The lowest BCUT2D eigenvalue weighted by molar-refractivity contribution is -0.146. The van der Waals surface area contributed by atoms with Crippen LogP contribution >= 0.6 is 23.2 Å². The summed E-state index contributed by atoms with van der Waals surface area (Å²) in [7, 11) is 5.67. The molecule has 4 aromatic rings. The number of carbonyl (C=O) groups excluding carboxylic acids is 2. The fraction of sp³-hybridized carbons (Fsp3) is 0.400. The minimum atomic E-state index is -0.633. The van der Waals surface area contributed by atoms with E-state index in [4.69, 9.17) is 51.6 Å². The zero-order valence-corrected chi connectivity index (χ0v) is 33.0. The van der Waals surface area contributed by atoms with E-state index in [2.05, 4.69) is 9.97 Å². The fourth-order valence-electron chi connectivity index (χ4n) is 7.07. The molecule has 2 aliphatic rings. The lowest BCUT2D eigenvalue weighted by Crippen LogP contribution is -2.36. The molecule has 2 aromatic heterocycles. The first-order valence-electron chi connectivity index (χ1n) is 17.9. The Labute approximate surface area is 334 Å². The molecular weight excluding hydrogens is 767 g/mol. The van der Waals surface area contributed by atoms with Gasteiger partial charge < -0.3 is 38.6 Å². The summed E-state index contributed by atoms with van der Waals surface area (Å²) in [4.78, 5) is 37.3. The summed E-state index contributed by atoms with van der Waals surface area (Å²) in [6.07, 6.45) is -0.673. The number of hydrogen-bond acceptors (Lipinski definition) is 14. The van der Waals surface area contributed by atoms with Crippen molar-refractivity contribution < 1.29 is 48.2 Å². The van der Waals surface area contributed by atoms with E-state index in [9.17, 15) is 19.8 Å². The molecule has 2 aliphatic heterocycles. The molecule has 0 bridgehead atoms. The quantitative estimate of drug-likeness (QED) is 0.157. The number of β-amino-alcohol motifs (C(OH)–C–C–N with tert-alkyl or cyclic N) is 2. The number of esters is 2. The van der Waals surface area contributed by atoms with Crippen LogP contribution in [0.3, 0.4) is 0 Å². The van der Waals surface area contributed by atoms with Crippen molar-refractivity contribution in [2.75, 3.05) is 41.5 Å². The molecule has 2 fully saturated rings. The van der Waals surface area contributed by atoms with Crippen molar-refractivity contribution in [1.29, 1.82) is 0 Å². The Bertz CT molecular complexity index is 1890. The maximum Gasteiger partial charge on any atom is 0.323 e. The zero-order valence-electron chi connectivity index (χ0n) is 31.4. The Morgan fingerprint density at radius 3 is 1.43 bits per heavy atom. The number of halogens is 2. The van der Waals surface area contributed by atoms with Crippen molar-refractivity contribution in [2.24, 2.45) is 0 Å². The molecule has 298 valence electrons. The number of nitrogens with zero attached hydrogens (tertiary/aromatic N) is 4. The minimum absolute atomic E-state index is 0.108. The summed E-state index contributed by atoms with van der Waals surface area (Å²) in [6.45, 7) is 1.52. The van der Waals surface area contributed by atoms with Gasteiger partial charge in [-0.2, -0.15) is 9.97 Å². The Hall–Kier alpha value is -4.70. The van der Waals surface area contributed by atoms with Gasteiger partial charge in [-0.15, -0.1) is 0 Å². The van der Waals surface area contributed by atoms with Gasteiger partial charge in [0.05, 0.1) is 50.7 Å². The number of pyridine rings is 2. The number of benzene rings is 2. The van der Waals surface area contributed by atoms with Crippen molar-refractivity contribution in [1.82, 2.24) is 19.8 Å². The van der Waals surface area contributed by atoms with Crippen LogP contribution in [0, 0.1) is 0 Å². The summed E-state index contributed by atoms with van der Waals surface area (Å²) >= 11 is 13.9. The first-order chi connectivity index (χ1) is 27.0. The molecule has 0 spiro atoms. The second-order valence-corrected chi connectivity index (χ2v) is 14.2. The van der Waals surface area contributed by atoms with Crippen LogP contribution < -0.4 is 18.9 Å².